The molecule has 1 amide bonds. The van der Waals surface area contributed by atoms with E-state index in [0.29, 0.717) is 19.0 Å². The van der Waals surface area contributed by atoms with Crippen molar-refractivity contribution in [1.82, 2.24) is 15.5 Å². The molecule has 2 N–H and O–H groups in total. The van der Waals surface area contributed by atoms with E-state index in [1.807, 2.05) is 29.6 Å². The van der Waals surface area contributed by atoms with E-state index in [-0.39, 0.29) is 19.2 Å². The first kappa shape index (κ1) is 19.0. The van der Waals surface area contributed by atoms with Crippen molar-refractivity contribution < 1.29 is 14.3 Å². The van der Waals surface area contributed by atoms with E-state index < -0.39 is 0 Å². The molecular formula is C19H24N4O3S. The molecule has 0 saturated carbocycles. The van der Waals surface area contributed by atoms with Gasteiger partial charge in [0, 0.05) is 25.5 Å². The molecule has 1 aromatic carbocycles. The number of benzene rings is 1. The monoisotopic (exact) mass is 388 g/mol. The van der Waals surface area contributed by atoms with Crippen LogP contribution in [0.15, 0.2) is 40.7 Å². The van der Waals surface area contributed by atoms with Crippen molar-refractivity contribution in [2.45, 2.75) is 13.0 Å². The Balaban J connectivity index is 1.54. The number of guanidine groups is 1. The molecule has 3 rings (SSSR count). The predicted molar refractivity (Wildman–Crippen MR) is 106 cm³/mol. The predicted octanol–water partition coefficient (Wildman–Crippen LogP) is 1.84. The molecule has 2 aromatic rings. The van der Waals surface area contributed by atoms with E-state index in [4.69, 9.17) is 9.47 Å². The maximum atomic E-state index is 11.8. The van der Waals surface area contributed by atoms with Gasteiger partial charge in [-0.3, -0.25) is 4.79 Å². The van der Waals surface area contributed by atoms with Crippen molar-refractivity contribution >= 4 is 23.2 Å². The fourth-order valence-electron chi connectivity index (χ4n) is 2.47. The Kier molecular flexibility index (Phi) is 6.54. The third-order valence-electron chi connectivity index (χ3n) is 4.02. The maximum Gasteiger partial charge on any atom is 0.243 e. The largest absolute Gasteiger partial charge is 0.454 e. The highest BCUT2D eigenvalue weighted by molar-refractivity contribution is 7.09. The number of amides is 1. The second-order valence-electron chi connectivity index (χ2n) is 6.25. The summed E-state index contributed by atoms with van der Waals surface area (Å²) in [5.41, 5.74) is 1.15. The lowest BCUT2D eigenvalue weighted by molar-refractivity contribution is -0.127. The molecule has 0 unspecified atom stereocenters. The number of thiophene rings is 1. The normalized spacial score (nSPS) is 12.7. The highest BCUT2D eigenvalue weighted by atomic mass is 32.1. The summed E-state index contributed by atoms with van der Waals surface area (Å²) in [5, 5.41) is 8.61. The lowest BCUT2D eigenvalue weighted by atomic mass is 10.1. The summed E-state index contributed by atoms with van der Waals surface area (Å²) in [6, 6.07) is 10.0. The number of likely N-dealkylation sites (N-methyl/N-ethyl adjacent to an activating group) is 1. The van der Waals surface area contributed by atoms with Crippen LogP contribution in [0.5, 0.6) is 11.5 Å². The van der Waals surface area contributed by atoms with Crippen LogP contribution < -0.4 is 20.1 Å². The molecule has 0 bridgehead atoms. The first-order valence-electron chi connectivity index (χ1n) is 8.75. The lowest BCUT2D eigenvalue weighted by Gasteiger charge is -2.13. The molecule has 0 saturated heterocycles. The molecule has 0 atom stereocenters. The fourth-order valence-corrected chi connectivity index (χ4v) is 3.11. The van der Waals surface area contributed by atoms with Gasteiger partial charge in [-0.05, 0) is 35.6 Å². The molecule has 144 valence electrons. The first-order valence-corrected chi connectivity index (χ1v) is 9.63. The zero-order chi connectivity index (χ0) is 19.1. The molecule has 27 heavy (non-hydrogen) atoms. The molecule has 8 heteroatoms. The molecule has 1 aromatic heterocycles. The minimum absolute atomic E-state index is 0.0389. The van der Waals surface area contributed by atoms with E-state index in [0.717, 1.165) is 23.5 Å². The Labute approximate surface area is 163 Å². The Hall–Kier alpha value is -2.74. The molecule has 0 fully saturated rings. The van der Waals surface area contributed by atoms with E-state index in [1.165, 1.54) is 9.78 Å². The molecule has 0 spiro atoms. The van der Waals surface area contributed by atoms with Crippen LogP contribution in [0.1, 0.15) is 10.4 Å². The zero-order valence-electron chi connectivity index (χ0n) is 15.5. The maximum absolute atomic E-state index is 11.8. The van der Waals surface area contributed by atoms with Crippen LogP contribution in [0, 0.1) is 0 Å². The van der Waals surface area contributed by atoms with Gasteiger partial charge in [-0.25, -0.2) is 4.99 Å². The molecule has 1 aliphatic heterocycles. The van der Waals surface area contributed by atoms with Crippen LogP contribution in [0.2, 0.25) is 0 Å². The van der Waals surface area contributed by atoms with Crippen LogP contribution in [-0.4, -0.2) is 50.7 Å². The van der Waals surface area contributed by atoms with Crippen molar-refractivity contribution in [2.75, 3.05) is 34.0 Å². The lowest BCUT2D eigenvalue weighted by Crippen LogP contribution is -2.39. The third-order valence-corrected chi connectivity index (χ3v) is 4.90. The molecule has 0 radical (unpaired) electrons. The van der Waals surface area contributed by atoms with Gasteiger partial charge in [0.15, 0.2) is 17.5 Å². The van der Waals surface area contributed by atoms with Crippen LogP contribution >= 0.6 is 11.3 Å². The van der Waals surface area contributed by atoms with Crippen LogP contribution in [0.25, 0.3) is 0 Å². The summed E-state index contributed by atoms with van der Waals surface area (Å²) in [4.78, 5) is 19.0. The summed E-state index contributed by atoms with van der Waals surface area (Å²) in [6.45, 7) is 1.74. The van der Waals surface area contributed by atoms with Crippen molar-refractivity contribution in [2.24, 2.45) is 4.99 Å². The number of carbonyl (C=O) groups excluding carboxylic acids is 1. The van der Waals surface area contributed by atoms with E-state index >= 15 is 0 Å². The van der Waals surface area contributed by atoms with Crippen LogP contribution in [-0.2, 0) is 17.8 Å². The van der Waals surface area contributed by atoms with Crippen molar-refractivity contribution in [3.8, 4) is 11.5 Å². The summed E-state index contributed by atoms with van der Waals surface area (Å²) >= 11 is 1.68. The second kappa shape index (κ2) is 9.27. The van der Waals surface area contributed by atoms with Crippen molar-refractivity contribution in [3.63, 3.8) is 0 Å². The number of fused-ring (bicyclic) bond motifs is 1. The molecule has 1 aliphatic rings. The first-order chi connectivity index (χ1) is 13.1. The summed E-state index contributed by atoms with van der Waals surface area (Å²) in [7, 11) is 3.45. The smallest absolute Gasteiger partial charge is 0.243 e. The summed E-state index contributed by atoms with van der Waals surface area (Å²) in [5.74, 6) is 2.16. The summed E-state index contributed by atoms with van der Waals surface area (Å²) in [6.07, 6.45) is 0.804. The Bertz CT molecular complexity index is 790. The number of hydrogen-bond donors (Lipinski definition) is 2. The summed E-state index contributed by atoms with van der Waals surface area (Å²) < 4.78 is 10.7. The van der Waals surface area contributed by atoms with Gasteiger partial charge in [-0.1, -0.05) is 12.1 Å². The number of aliphatic imine (C=N–C) groups is 1. The highest BCUT2D eigenvalue weighted by Crippen LogP contribution is 2.32. The number of ether oxygens (including phenoxy) is 2. The minimum Gasteiger partial charge on any atom is -0.454 e. The van der Waals surface area contributed by atoms with E-state index in [9.17, 15) is 4.79 Å². The van der Waals surface area contributed by atoms with Gasteiger partial charge in [0.2, 0.25) is 12.7 Å². The standard InChI is InChI=1S/C19H24N4O3S/c1-23(2)18(24)12-22-19(21-11-15-4-3-9-27-15)20-8-7-14-5-6-16-17(10-14)26-13-25-16/h3-6,9-10H,7-8,11-13H2,1-2H3,(H2,20,21,22). The number of carbonyl (C=O) groups is 1. The number of nitrogens with one attached hydrogen (secondary N) is 2. The van der Waals surface area contributed by atoms with Gasteiger partial charge in [0.25, 0.3) is 0 Å². The van der Waals surface area contributed by atoms with Gasteiger partial charge in [0.05, 0.1) is 6.54 Å². The van der Waals surface area contributed by atoms with Gasteiger partial charge in [-0.2, -0.15) is 0 Å². The Morgan fingerprint density at radius 2 is 2.07 bits per heavy atom. The Morgan fingerprint density at radius 1 is 1.22 bits per heavy atom. The van der Waals surface area contributed by atoms with Crippen molar-refractivity contribution in [1.29, 1.82) is 0 Å². The Morgan fingerprint density at radius 3 is 2.85 bits per heavy atom. The molecule has 0 aliphatic carbocycles. The molecule has 7 nitrogen and oxygen atoms in total. The van der Waals surface area contributed by atoms with Gasteiger partial charge in [0.1, 0.15) is 6.54 Å². The van der Waals surface area contributed by atoms with Gasteiger partial charge in [-0.15, -0.1) is 11.3 Å². The van der Waals surface area contributed by atoms with Gasteiger partial charge >= 0.3 is 0 Å². The average Bonchev–Trinajstić information content (AvgIpc) is 3.34. The van der Waals surface area contributed by atoms with Gasteiger partial charge < -0.3 is 25.0 Å². The molecule has 2 heterocycles. The second-order valence-corrected chi connectivity index (χ2v) is 7.28. The number of hydrogen-bond acceptors (Lipinski definition) is 5. The third kappa shape index (κ3) is 5.62. The van der Waals surface area contributed by atoms with E-state index in [2.05, 4.69) is 21.7 Å². The van der Waals surface area contributed by atoms with Crippen LogP contribution in [0.4, 0.5) is 0 Å². The quantitative estimate of drug-likeness (QED) is 0.559. The van der Waals surface area contributed by atoms with Crippen LogP contribution in [0.3, 0.4) is 0 Å². The highest BCUT2D eigenvalue weighted by Gasteiger charge is 2.13. The molecular weight excluding hydrogens is 364 g/mol. The number of rotatable bonds is 7. The topological polar surface area (TPSA) is 75.2 Å². The number of nitrogens with zero attached hydrogens (tertiary/aromatic N) is 2. The average molecular weight is 388 g/mol. The zero-order valence-corrected chi connectivity index (χ0v) is 16.3. The fraction of sp³-hybridized carbons (Fsp3) is 0.368. The van der Waals surface area contributed by atoms with Crippen molar-refractivity contribution in [3.05, 3.63) is 46.2 Å². The SMILES string of the molecule is CN(C)C(=O)CN=C(NCCc1ccc2c(c1)OCO2)NCc1cccs1. The van der Waals surface area contributed by atoms with E-state index in [1.54, 1.807) is 25.4 Å². The minimum atomic E-state index is -0.0389.